The summed E-state index contributed by atoms with van der Waals surface area (Å²) in [6, 6.07) is 0. The second kappa shape index (κ2) is 5.78. The molecule has 3 unspecified atom stereocenters. The van der Waals surface area contributed by atoms with Crippen molar-refractivity contribution in [3.63, 3.8) is 0 Å². The molecule has 0 spiro atoms. The molecule has 1 aliphatic carbocycles. The second-order valence-electron chi connectivity index (χ2n) is 4.56. The fraction of sp³-hybridized carbons (Fsp3) is 1.00. The Morgan fingerprint density at radius 1 is 1.20 bits per heavy atom. The molecule has 0 N–H and O–H groups in total. The Bertz CT molecular complexity index is 196. The Hall–Kier alpha value is 0.594. The van der Waals surface area contributed by atoms with Gasteiger partial charge in [0.15, 0.2) is 0 Å². The molecular formula is C11H21O3Ti. The molecule has 2 rings (SSSR count). The van der Waals surface area contributed by atoms with Crippen LogP contribution < -0.4 is 0 Å². The zero-order chi connectivity index (χ0) is 10.7. The third kappa shape index (κ3) is 3.53. The van der Waals surface area contributed by atoms with E-state index < -0.39 is 18.6 Å². The van der Waals surface area contributed by atoms with E-state index >= 15 is 0 Å². The van der Waals surface area contributed by atoms with Crippen LogP contribution in [0.15, 0.2) is 0 Å². The van der Waals surface area contributed by atoms with Gasteiger partial charge >= 0.3 is 99.2 Å². The Balaban J connectivity index is 1.57. The number of ether oxygens (including phenoxy) is 1. The molecule has 0 aromatic heterocycles. The number of fused-ring (bicyclic) bond motifs is 1. The van der Waals surface area contributed by atoms with Gasteiger partial charge in [-0.05, 0) is 0 Å². The van der Waals surface area contributed by atoms with Crippen LogP contribution in [0.3, 0.4) is 0 Å². The number of epoxide rings is 1. The van der Waals surface area contributed by atoms with E-state index in [-0.39, 0.29) is 0 Å². The zero-order valence-electron chi connectivity index (χ0n) is 9.70. The molecule has 3 atom stereocenters. The van der Waals surface area contributed by atoms with Crippen LogP contribution in [-0.4, -0.2) is 26.4 Å². The van der Waals surface area contributed by atoms with Gasteiger partial charge in [0.05, 0.1) is 0 Å². The van der Waals surface area contributed by atoms with Crippen molar-refractivity contribution < 1.29 is 30.0 Å². The molecule has 0 aromatic rings. The quantitative estimate of drug-likeness (QED) is 0.535. The van der Waals surface area contributed by atoms with Gasteiger partial charge < -0.3 is 0 Å². The summed E-state index contributed by atoms with van der Waals surface area (Å²) in [5, 5.41) is 0. The monoisotopic (exact) mass is 249 g/mol. The molecule has 1 heterocycles. The molecule has 2 aliphatic rings. The first-order chi connectivity index (χ1) is 7.33. The molecule has 0 bridgehead atoms. The van der Waals surface area contributed by atoms with Crippen LogP contribution in [0.1, 0.15) is 32.1 Å². The van der Waals surface area contributed by atoms with Crippen LogP contribution in [-0.2, 0) is 30.0 Å². The summed E-state index contributed by atoms with van der Waals surface area (Å²) in [5.41, 5.74) is 0. The third-order valence-electron chi connectivity index (χ3n) is 3.56. The molecule has 1 aliphatic heterocycles. The van der Waals surface area contributed by atoms with Crippen LogP contribution in [0, 0.1) is 5.92 Å². The molecule has 87 valence electrons. The van der Waals surface area contributed by atoms with Crippen LogP contribution >= 0.6 is 0 Å². The standard InChI is InChI=1S/C9H15O.2CH3O.Ti/c1-2-3-7-4-5-8-9(6-7)10-8;2*1-2;/h7-9H,1-6H2;2*1H3;/q;2*-1;+2. The van der Waals surface area contributed by atoms with Crippen molar-refractivity contribution in [2.75, 3.05) is 14.2 Å². The Labute approximate surface area is 99.3 Å². The zero-order valence-corrected chi connectivity index (χ0v) is 11.3. The average molecular weight is 249 g/mol. The van der Waals surface area contributed by atoms with Gasteiger partial charge in [0.1, 0.15) is 0 Å². The SMILES string of the molecule is C[O][Ti]([CH2]CCC1CCC2OC2C1)[O]C. The molecule has 1 saturated carbocycles. The minimum absolute atomic E-state index is 0.629. The van der Waals surface area contributed by atoms with Crippen LogP contribution in [0.4, 0.5) is 0 Å². The molecule has 0 amide bonds. The molecule has 3 nitrogen and oxygen atoms in total. The normalized spacial score (nSPS) is 33.6. The summed E-state index contributed by atoms with van der Waals surface area (Å²) >= 11 is -1.56. The van der Waals surface area contributed by atoms with Crippen molar-refractivity contribution in [1.82, 2.24) is 0 Å². The topological polar surface area (TPSA) is 31.0 Å². The van der Waals surface area contributed by atoms with Crippen molar-refractivity contribution in [1.29, 1.82) is 0 Å². The molecule has 15 heavy (non-hydrogen) atoms. The van der Waals surface area contributed by atoms with Gasteiger partial charge in [0, 0.05) is 0 Å². The molecule has 1 saturated heterocycles. The van der Waals surface area contributed by atoms with Gasteiger partial charge in [-0.15, -0.1) is 0 Å². The third-order valence-corrected chi connectivity index (χ3v) is 6.17. The van der Waals surface area contributed by atoms with E-state index in [1.165, 1.54) is 36.8 Å². The first-order valence-corrected chi connectivity index (χ1v) is 8.30. The van der Waals surface area contributed by atoms with Gasteiger partial charge in [-0.25, -0.2) is 0 Å². The summed E-state index contributed by atoms with van der Waals surface area (Å²) in [6.07, 6.45) is 7.87. The van der Waals surface area contributed by atoms with E-state index in [0.717, 1.165) is 5.92 Å². The Kier molecular flexibility index (Phi) is 4.65. The maximum atomic E-state index is 5.54. The van der Waals surface area contributed by atoms with E-state index in [9.17, 15) is 0 Å². The predicted octanol–water partition coefficient (Wildman–Crippen LogP) is 2.49. The van der Waals surface area contributed by atoms with Gasteiger partial charge in [-0.1, -0.05) is 0 Å². The molecular weight excluding hydrogens is 228 g/mol. The molecule has 0 radical (unpaired) electrons. The minimum atomic E-state index is -1.56. The summed E-state index contributed by atoms with van der Waals surface area (Å²) < 4.78 is 17.4. The maximum absolute atomic E-state index is 5.54. The summed E-state index contributed by atoms with van der Waals surface area (Å²) in [7, 11) is 3.56. The van der Waals surface area contributed by atoms with E-state index in [4.69, 9.17) is 11.4 Å². The predicted molar refractivity (Wildman–Crippen MR) is 54.1 cm³/mol. The van der Waals surface area contributed by atoms with Crippen LogP contribution in [0.2, 0.25) is 4.73 Å². The van der Waals surface area contributed by atoms with Crippen molar-refractivity contribution in [2.24, 2.45) is 5.92 Å². The number of hydrogen-bond acceptors (Lipinski definition) is 3. The first kappa shape index (κ1) is 12.1. The summed E-state index contributed by atoms with van der Waals surface area (Å²) in [5.74, 6) is 0.905. The number of hydrogen-bond donors (Lipinski definition) is 0. The fourth-order valence-corrected chi connectivity index (χ4v) is 4.24. The van der Waals surface area contributed by atoms with Gasteiger partial charge in [0.2, 0.25) is 0 Å². The van der Waals surface area contributed by atoms with E-state index in [2.05, 4.69) is 0 Å². The van der Waals surface area contributed by atoms with Gasteiger partial charge in [-0.3, -0.25) is 0 Å². The van der Waals surface area contributed by atoms with Crippen LogP contribution in [0.25, 0.3) is 0 Å². The van der Waals surface area contributed by atoms with E-state index in [1.54, 1.807) is 14.2 Å². The molecule has 4 heteroatoms. The first-order valence-electron chi connectivity index (χ1n) is 5.92. The Morgan fingerprint density at radius 3 is 2.67 bits per heavy atom. The fourth-order valence-electron chi connectivity index (χ4n) is 2.57. The summed E-state index contributed by atoms with van der Waals surface area (Å²) in [6.45, 7) is 0. The van der Waals surface area contributed by atoms with E-state index in [0.29, 0.717) is 12.2 Å². The van der Waals surface area contributed by atoms with Crippen molar-refractivity contribution in [2.45, 2.75) is 49.0 Å². The number of rotatable bonds is 6. The average Bonchev–Trinajstić information content (AvgIpc) is 3.02. The van der Waals surface area contributed by atoms with Gasteiger partial charge in [-0.2, -0.15) is 0 Å². The van der Waals surface area contributed by atoms with Gasteiger partial charge in [0.25, 0.3) is 0 Å². The van der Waals surface area contributed by atoms with Crippen molar-refractivity contribution >= 4 is 0 Å². The summed E-state index contributed by atoms with van der Waals surface area (Å²) in [4.78, 5) is 0. The second-order valence-corrected chi connectivity index (χ2v) is 7.78. The molecule has 0 aromatic carbocycles. The van der Waals surface area contributed by atoms with Crippen LogP contribution in [0.5, 0.6) is 0 Å². The van der Waals surface area contributed by atoms with E-state index in [1.807, 2.05) is 0 Å². The van der Waals surface area contributed by atoms with Crippen molar-refractivity contribution in [3.8, 4) is 0 Å². The van der Waals surface area contributed by atoms with Crippen molar-refractivity contribution in [3.05, 3.63) is 0 Å². The molecule has 2 fully saturated rings. The Morgan fingerprint density at radius 2 is 2.00 bits per heavy atom.